The second-order valence-corrected chi connectivity index (χ2v) is 6.03. The minimum atomic E-state index is -0.949. The number of nitrogens with one attached hydrogen (secondary N) is 1. The molecule has 2 rings (SSSR count). The van der Waals surface area contributed by atoms with Crippen molar-refractivity contribution in [2.24, 2.45) is 0 Å². The van der Waals surface area contributed by atoms with Gasteiger partial charge in [-0.1, -0.05) is 15.9 Å². The second-order valence-electron chi connectivity index (χ2n) is 5.12. The van der Waals surface area contributed by atoms with Gasteiger partial charge in [0, 0.05) is 4.47 Å². The number of carbonyl (C=O) groups is 2. The Morgan fingerprint density at radius 1 is 1.43 bits per heavy atom. The lowest BCUT2D eigenvalue weighted by Crippen LogP contribution is -2.55. The van der Waals surface area contributed by atoms with Crippen molar-refractivity contribution in [3.8, 4) is 5.75 Å². The number of carbonyl (C=O) groups excluding carboxylic acids is 1. The summed E-state index contributed by atoms with van der Waals surface area (Å²) in [5, 5.41) is 11.5. The summed E-state index contributed by atoms with van der Waals surface area (Å²) in [5.41, 5.74) is -0.676. The van der Waals surface area contributed by atoms with Crippen LogP contribution in [0.3, 0.4) is 0 Å². The van der Waals surface area contributed by atoms with Crippen LogP contribution in [0.15, 0.2) is 22.7 Å². The maximum Gasteiger partial charge on any atom is 0.305 e. The summed E-state index contributed by atoms with van der Waals surface area (Å²) in [6, 6.07) is 4.27. The number of ether oxygens (including phenoxy) is 1. The van der Waals surface area contributed by atoms with E-state index in [-0.39, 0.29) is 18.8 Å². The van der Waals surface area contributed by atoms with Crippen LogP contribution in [0.1, 0.15) is 25.7 Å². The van der Waals surface area contributed by atoms with E-state index in [2.05, 4.69) is 21.2 Å². The molecule has 1 aromatic carbocycles. The first-order valence-electron chi connectivity index (χ1n) is 6.51. The molecule has 1 saturated carbocycles. The minimum Gasteiger partial charge on any atom is -0.481 e. The molecule has 7 heteroatoms. The number of aliphatic carboxylic acids is 1. The molecule has 0 heterocycles. The molecule has 0 aliphatic heterocycles. The maximum absolute atomic E-state index is 13.5. The van der Waals surface area contributed by atoms with Crippen LogP contribution >= 0.6 is 15.9 Å². The second kappa shape index (κ2) is 6.43. The summed E-state index contributed by atoms with van der Waals surface area (Å²) < 4.78 is 19.2. The third-order valence-electron chi connectivity index (χ3n) is 3.46. The van der Waals surface area contributed by atoms with E-state index in [4.69, 9.17) is 9.84 Å². The molecule has 0 aromatic heterocycles. The molecule has 1 fully saturated rings. The molecule has 0 bridgehead atoms. The number of benzene rings is 1. The monoisotopic (exact) mass is 359 g/mol. The Morgan fingerprint density at radius 2 is 2.14 bits per heavy atom. The van der Waals surface area contributed by atoms with Gasteiger partial charge in [-0.25, -0.2) is 4.39 Å². The number of rotatable bonds is 6. The van der Waals surface area contributed by atoms with Gasteiger partial charge in [-0.15, -0.1) is 0 Å². The number of hydrogen-bond acceptors (Lipinski definition) is 3. The van der Waals surface area contributed by atoms with Crippen LogP contribution in [-0.2, 0) is 9.59 Å². The first-order valence-corrected chi connectivity index (χ1v) is 7.30. The van der Waals surface area contributed by atoms with Gasteiger partial charge in [0.2, 0.25) is 0 Å². The zero-order valence-electron chi connectivity index (χ0n) is 11.2. The van der Waals surface area contributed by atoms with Crippen molar-refractivity contribution in [1.82, 2.24) is 5.32 Å². The maximum atomic E-state index is 13.5. The standard InChI is InChI=1S/C14H15BrFNO4/c15-9-2-3-11(10(16)6-9)21-8-12(18)17-14(4-1-5-14)7-13(19)20/h2-3,6H,1,4-5,7-8H2,(H,17,18)(H,19,20). The molecule has 0 spiro atoms. The van der Waals surface area contributed by atoms with Gasteiger partial charge in [0.25, 0.3) is 5.91 Å². The van der Waals surface area contributed by atoms with Gasteiger partial charge >= 0.3 is 5.97 Å². The van der Waals surface area contributed by atoms with E-state index in [0.29, 0.717) is 17.3 Å². The largest absolute Gasteiger partial charge is 0.481 e. The number of amides is 1. The number of carboxylic acids is 1. The highest BCUT2D eigenvalue weighted by molar-refractivity contribution is 9.10. The van der Waals surface area contributed by atoms with Crippen molar-refractivity contribution in [2.75, 3.05) is 6.61 Å². The Morgan fingerprint density at radius 3 is 2.67 bits per heavy atom. The highest BCUT2D eigenvalue weighted by atomic mass is 79.9. The Kier molecular flexibility index (Phi) is 4.82. The summed E-state index contributed by atoms with van der Waals surface area (Å²) >= 11 is 3.13. The SMILES string of the molecule is O=C(O)CC1(NC(=O)COc2ccc(Br)cc2F)CCC1. The summed E-state index contributed by atoms with van der Waals surface area (Å²) in [5.74, 6) is -1.98. The van der Waals surface area contributed by atoms with Crippen molar-refractivity contribution in [3.05, 3.63) is 28.5 Å². The highest BCUT2D eigenvalue weighted by Gasteiger charge is 2.40. The van der Waals surface area contributed by atoms with Gasteiger partial charge in [0.15, 0.2) is 18.2 Å². The fourth-order valence-electron chi connectivity index (χ4n) is 2.31. The normalized spacial score (nSPS) is 15.9. The van der Waals surface area contributed by atoms with Gasteiger partial charge in [-0.05, 0) is 37.5 Å². The van der Waals surface area contributed by atoms with Crippen LogP contribution in [0.2, 0.25) is 0 Å². The fourth-order valence-corrected chi connectivity index (χ4v) is 2.64. The van der Waals surface area contributed by atoms with Gasteiger partial charge in [-0.2, -0.15) is 0 Å². The van der Waals surface area contributed by atoms with E-state index in [9.17, 15) is 14.0 Å². The average Bonchev–Trinajstić information content (AvgIpc) is 2.34. The van der Waals surface area contributed by atoms with E-state index in [1.165, 1.54) is 12.1 Å². The fraction of sp³-hybridized carbons (Fsp3) is 0.429. The van der Waals surface area contributed by atoms with E-state index in [1.807, 2.05) is 0 Å². The molecule has 2 N–H and O–H groups in total. The Labute approximate surface area is 129 Å². The molecule has 0 unspecified atom stereocenters. The summed E-state index contributed by atoms with van der Waals surface area (Å²) in [6.07, 6.45) is 2.05. The lowest BCUT2D eigenvalue weighted by atomic mass is 9.74. The molecule has 21 heavy (non-hydrogen) atoms. The molecule has 5 nitrogen and oxygen atoms in total. The van der Waals surface area contributed by atoms with Gasteiger partial charge in [-0.3, -0.25) is 9.59 Å². The first-order chi connectivity index (χ1) is 9.90. The third kappa shape index (κ3) is 4.17. The van der Waals surface area contributed by atoms with Crippen molar-refractivity contribution in [3.63, 3.8) is 0 Å². The van der Waals surface area contributed by atoms with Gasteiger partial charge in [0.1, 0.15) is 0 Å². The van der Waals surface area contributed by atoms with Crippen LogP contribution in [0.4, 0.5) is 4.39 Å². The van der Waals surface area contributed by atoms with Crippen LogP contribution in [0.25, 0.3) is 0 Å². The molecule has 0 atom stereocenters. The average molecular weight is 360 g/mol. The van der Waals surface area contributed by atoms with Crippen molar-refractivity contribution in [2.45, 2.75) is 31.2 Å². The molecular formula is C14H15BrFNO4. The molecule has 1 aliphatic rings. The van der Waals surface area contributed by atoms with Crippen molar-refractivity contribution >= 4 is 27.8 Å². The predicted octanol–water partition coefficient (Wildman–Crippen LogP) is 2.48. The number of halogens is 2. The molecule has 1 amide bonds. The Balaban J connectivity index is 1.88. The summed E-state index contributed by atoms with van der Waals surface area (Å²) in [7, 11) is 0. The van der Waals surface area contributed by atoms with Crippen molar-refractivity contribution in [1.29, 1.82) is 0 Å². The van der Waals surface area contributed by atoms with Crippen LogP contribution < -0.4 is 10.1 Å². The van der Waals surface area contributed by atoms with Crippen molar-refractivity contribution < 1.29 is 23.8 Å². The lowest BCUT2D eigenvalue weighted by molar-refractivity contribution is -0.140. The van der Waals surface area contributed by atoms with Gasteiger partial charge in [0.05, 0.1) is 12.0 Å². The van der Waals surface area contributed by atoms with E-state index in [0.717, 1.165) is 6.42 Å². The summed E-state index contributed by atoms with van der Waals surface area (Å²) in [6.45, 7) is -0.347. The Bertz CT molecular complexity index is 560. The smallest absolute Gasteiger partial charge is 0.305 e. The van der Waals surface area contributed by atoms with Gasteiger partial charge < -0.3 is 15.2 Å². The van der Waals surface area contributed by atoms with E-state index in [1.54, 1.807) is 6.07 Å². The Hall–Kier alpha value is -1.63. The number of hydrogen-bond donors (Lipinski definition) is 2. The predicted molar refractivity (Wildman–Crippen MR) is 76.6 cm³/mol. The van der Waals surface area contributed by atoms with E-state index < -0.39 is 23.2 Å². The lowest BCUT2D eigenvalue weighted by Gasteiger charge is -2.41. The zero-order chi connectivity index (χ0) is 15.5. The van der Waals surface area contributed by atoms with Crippen LogP contribution in [0.5, 0.6) is 5.75 Å². The molecule has 0 saturated heterocycles. The molecular weight excluding hydrogens is 345 g/mol. The zero-order valence-corrected chi connectivity index (χ0v) is 12.8. The third-order valence-corrected chi connectivity index (χ3v) is 3.95. The topological polar surface area (TPSA) is 75.6 Å². The first kappa shape index (κ1) is 15.8. The molecule has 114 valence electrons. The molecule has 1 aliphatic carbocycles. The number of carboxylic acid groups (broad SMARTS) is 1. The van der Waals surface area contributed by atoms with Crippen LogP contribution in [0, 0.1) is 5.82 Å². The summed E-state index contributed by atoms with van der Waals surface area (Å²) in [4.78, 5) is 22.6. The van der Waals surface area contributed by atoms with E-state index >= 15 is 0 Å². The highest BCUT2D eigenvalue weighted by Crippen LogP contribution is 2.34. The molecule has 1 aromatic rings. The van der Waals surface area contributed by atoms with Crippen LogP contribution in [-0.4, -0.2) is 29.1 Å². The minimum absolute atomic E-state index is 0.0192. The molecule has 0 radical (unpaired) electrons. The quantitative estimate of drug-likeness (QED) is 0.817.